The predicted molar refractivity (Wildman–Crippen MR) is 102 cm³/mol. The Hall–Kier alpha value is -2.52. The van der Waals surface area contributed by atoms with Crippen LogP contribution in [0.15, 0.2) is 78.9 Å². The van der Waals surface area contributed by atoms with Crippen molar-refractivity contribution in [1.29, 1.82) is 0 Å². The van der Waals surface area contributed by atoms with Crippen LogP contribution in [0.1, 0.15) is 21.5 Å². The van der Waals surface area contributed by atoms with Crippen LogP contribution in [0, 0.1) is 0 Å². The molecule has 0 aromatic heterocycles. The van der Waals surface area contributed by atoms with Crippen molar-refractivity contribution < 1.29 is 19.6 Å². The summed E-state index contributed by atoms with van der Waals surface area (Å²) in [5, 5.41) is 20.2. The Morgan fingerprint density at radius 2 is 1.12 bits per heavy atom. The highest BCUT2D eigenvalue weighted by atomic mass is 31.2. The Bertz CT molecular complexity index is 887. The summed E-state index contributed by atoms with van der Waals surface area (Å²) in [6, 6.07) is 22.1. The fourth-order valence-electron chi connectivity index (χ4n) is 3.01. The third-order valence-electron chi connectivity index (χ3n) is 4.32. The zero-order valence-corrected chi connectivity index (χ0v) is 15.0. The molecule has 0 aliphatic rings. The number of benzene rings is 3. The van der Waals surface area contributed by atoms with Gasteiger partial charge in [0.2, 0.25) is 12.7 Å². The molecule has 0 atom stereocenters. The zero-order valence-electron chi connectivity index (χ0n) is 14.1. The van der Waals surface area contributed by atoms with Crippen LogP contribution in [-0.2, 0) is 17.8 Å². The maximum Gasteiger partial charge on any atom is 0.230 e. The minimum atomic E-state index is -3.68. The van der Waals surface area contributed by atoms with Crippen LogP contribution in [0.3, 0.4) is 0 Å². The first kappa shape index (κ1) is 18.3. The summed E-state index contributed by atoms with van der Waals surface area (Å²) in [6.07, 6.45) is 0. The average Bonchev–Trinajstić information content (AvgIpc) is 2.73. The predicted octanol–water partition coefficient (Wildman–Crippen LogP) is 2.83. The molecular weight excluding hydrogens is 347 g/mol. The molecule has 0 fully saturated rings. The summed E-state index contributed by atoms with van der Waals surface area (Å²) in [7, 11) is -3.68. The van der Waals surface area contributed by atoms with Gasteiger partial charge in [0.15, 0.2) is 0 Å². The first-order valence-electron chi connectivity index (χ1n) is 8.21. The number of hydrogen-bond acceptors (Lipinski definition) is 4. The highest BCUT2D eigenvalue weighted by Gasteiger charge is 2.38. The van der Waals surface area contributed by atoms with Crippen LogP contribution in [0.4, 0.5) is 0 Å². The van der Waals surface area contributed by atoms with Crippen molar-refractivity contribution in [3.05, 3.63) is 95.6 Å². The fourth-order valence-corrected chi connectivity index (χ4v) is 5.56. The standard InChI is InChI=1S/C21H19O4P/c22-14-16-8-7-9-17(15-23)20(16)21(24)26(25,18-10-3-1-4-11-18)19-12-5-2-6-13-19/h1-13,22-23H,14-15H2. The largest absolute Gasteiger partial charge is 0.392 e. The Morgan fingerprint density at radius 1 is 0.692 bits per heavy atom. The number of carbonyl (C=O) groups is 1. The van der Waals surface area contributed by atoms with Gasteiger partial charge in [-0.15, -0.1) is 0 Å². The minimum Gasteiger partial charge on any atom is -0.392 e. The first-order valence-corrected chi connectivity index (χ1v) is 9.92. The molecule has 0 bridgehead atoms. The highest BCUT2D eigenvalue weighted by molar-refractivity contribution is 7.93. The molecule has 26 heavy (non-hydrogen) atoms. The van der Waals surface area contributed by atoms with Gasteiger partial charge in [0.1, 0.15) is 0 Å². The Morgan fingerprint density at radius 3 is 1.50 bits per heavy atom. The van der Waals surface area contributed by atoms with E-state index in [9.17, 15) is 19.6 Å². The molecule has 0 aliphatic carbocycles. The minimum absolute atomic E-state index is 0.133. The third-order valence-corrected chi connectivity index (χ3v) is 7.16. The lowest BCUT2D eigenvalue weighted by atomic mass is 10.0. The van der Waals surface area contributed by atoms with E-state index in [2.05, 4.69) is 0 Å². The van der Waals surface area contributed by atoms with E-state index >= 15 is 0 Å². The van der Waals surface area contributed by atoms with Crippen molar-refractivity contribution in [2.45, 2.75) is 13.2 Å². The Balaban J connectivity index is 2.29. The van der Waals surface area contributed by atoms with E-state index in [0.717, 1.165) is 0 Å². The van der Waals surface area contributed by atoms with Crippen molar-refractivity contribution in [3.63, 3.8) is 0 Å². The second kappa shape index (κ2) is 7.79. The smallest absolute Gasteiger partial charge is 0.230 e. The summed E-state index contributed by atoms with van der Waals surface area (Å²) in [5.74, 6) is 0. The van der Waals surface area contributed by atoms with Gasteiger partial charge in [-0.25, -0.2) is 0 Å². The molecule has 3 aromatic carbocycles. The van der Waals surface area contributed by atoms with E-state index in [1.807, 2.05) is 0 Å². The summed E-state index contributed by atoms with van der Waals surface area (Å²) < 4.78 is 14.1. The first-order chi connectivity index (χ1) is 12.6. The van der Waals surface area contributed by atoms with Gasteiger partial charge in [-0.05, 0) is 11.1 Å². The maximum absolute atomic E-state index is 14.1. The van der Waals surface area contributed by atoms with Gasteiger partial charge >= 0.3 is 0 Å². The Kier molecular flexibility index (Phi) is 5.48. The van der Waals surface area contributed by atoms with Crippen molar-refractivity contribution >= 4 is 23.3 Å². The number of rotatable bonds is 6. The monoisotopic (exact) mass is 366 g/mol. The third kappa shape index (κ3) is 3.15. The summed E-state index contributed by atoms with van der Waals surface area (Å²) in [5.41, 5.74) is 0.263. The second-order valence-corrected chi connectivity index (χ2v) is 8.51. The van der Waals surface area contributed by atoms with Crippen molar-refractivity contribution in [2.75, 3.05) is 0 Å². The number of hydrogen-bond donors (Lipinski definition) is 2. The van der Waals surface area contributed by atoms with Crippen LogP contribution in [0.2, 0.25) is 0 Å². The second-order valence-electron chi connectivity index (χ2n) is 5.85. The van der Waals surface area contributed by atoms with E-state index < -0.39 is 12.7 Å². The molecule has 0 unspecified atom stereocenters. The van der Waals surface area contributed by atoms with Gasteiger partial charge in [0.25, 0.3) is 0 Å². The van der Waals surface area contributed by atoms with Gasteiger partial charge < -0.3 is 14.8 Å². The maximum atomic E-state index is 14.1. The average molecular weight is 366 g/mol. The fraction of sp³-hybridized carbons (Fsp3) is 0.0952. The van der Waals surface area contributed by atoms with Gasteiger partial charge in [0.05, 0.1) is 13.2 Å². The molecule has 0 amide bonds. The molecule has 0 spiro atoms. The molecule has 3 rings (SSSR count). The van der Waals surface area contributed by atoms with Gasteiger partial charge in [-0.2, -0.15) is 0 Å². The summed E-state index contributed by atoms with van der Waals surface area (Å²) in [6.45, 7) is -0.753. The molecule has 0 saturated heterocycles. The van der Waals surface area contributed by atoms with Crippen molar-refractivity contribution in [2.24, 2.45) is 0 Å². The van der Waals surface area contributed by atoms with Gasteiger partial charge in [0, 0.05) is 16.2 Å². The molecule has 3 aromatic rings. The van der Waals surface area contributed by atoms with Crippen LogP contribution < -0.4 is 10.6 Å². The molecule has 0 radical (unpaired) electrons. The quantitative estimate of drug-likeness (QED) is 0.658. The summed E-state index contributed by atoms with van der Waals surface area (Å²) in [4.78, 5) is 13.5. The molecule has 0 aliphatic heterocycles. The molecule has 132 valence electrons. The summed E-state index contributed by atoms with van der Waals surface area (Å²) >= 11 is 0. The van der Waals surface area contributed by atoms with E-state index in [4.69, 9.17) is 0 Å². The van der Waals surface area contributed by atoms with Gasteiger partial charge in [-0.1, -0.05) is 78.9 Å². The lowest BCUT2D eigenvalue weighted by Gasteiger charge is -2.21. The number of carbonyl (C=O) groups excluding carboxylic acids is 1. The van der Waals surface area contributed by atoms with Crippen molar-refractivity contribution in [3.8, 4) is 0 Å². The zero-order chi connectivity index (χ0) is 18.6. The molecule has 0 heterocycles. The molecule has 5 heteroatoms. The van der Waals surface area contributed by atoms with Gasteiger partial charge in [-0.3, -0.25) is 4.79 Å². The van der Waals surface area contributed by atoms with E-state index in [1.54, 1.807) is 78.9 Å². The van der Waals surface area contributed by atoms with Crippen LogP contribution in [0.5, 0.6) is 0 Å². The lowest BCUT2D eigenvalue weighted by molar-refractivity contribution is 0.107. The number of aliphatic hydroxyl groups excluding tert-OH is 2. The Labute approximate surface area is 152 Å². The topological polar surface area (TPSA) is 74.6 Å². The normalized spacial score (nSPS) is 11.3. The molecule has 2 N–H and O–H groups in total. The molecule has 4 nitrogen and oxygen atoms in total. The van der Waals surface area contributed by atoms with E-state index in [0.29, 0.717) is 21.7 Å². The molecule has 0 saturated carbocycles. The van der Waals surface area contributed by atoms with E-state index in [1.165, 1.54) is 0 Å². The molecular formula is C21H19O4P. The van der Waals surface area contributed by atoms with Crippen LogP contribution in [-0.4, -0.2) is 15.7 Å². The number of aliphatic hydroxyl groups is 2. The highest BCUT2D eigenvalue weighted by Crippen LogP contribution is 2.47. The lowest BCUT2D eigenvalue weighted by Crippen LogP contribution is -2.24. The van der Waals surface area contributed by atoms with Crippen LogP contribution in [0.25, 0.3) is 0 Å². The van der Waals surface area contributed by atoms with E-state index in [-0.39, 0.29) is 18.8 Å². The van der Waals surface area contributed by atoms with Crippen molar-refractivity contribution in [1.82, 2.24) is 0 Å². The SMILES string of the molecule is O=C(c1c(CO)cccc1CO)P(=O)(c1ccccc1)c1ccccc1. The van der Waals surface area contributed by atoms with Crippen LogP contribution >= 0.6 is 7.14 Å².